The minimum absolute atomic E-state index is 0.00743. The van der Waals surface area contributed by atoms with Gasteiger partial charge in [0.05, 0.1) is 11.8 Å². The Balaban J connectivity index is 1.20. The molecule has 5 aliphatic rings. The number of fused-ring (bicyclic) bond motifs is 7. The van der Waals surface area contributed by atoms with Gasteiger partial charge in [0.2, 0.25) is 0 Å². The zero-order valence-electron chi connectivity index (χ0n) is 36.3. The quantitative estimate of drug-likeness (QED) is 0.188. The van der Waals surface area contributed by atoms with E-state index in [1.165, 1.54) is 18.4 Å². The number of ether oxygens (including phenoxy) is 2. The molecule has 8 atom stereocenters. The molecule has 7 heteroatoms. The molecule has 0 saturated heterocycles. The lowest BCUT2D eigenvalue weighted by Crippen LogP contribution is -2.65. The molecule has 1 N–H and O–H groups in total. The third-order valence-electron chi connectivity index (χ3n) is 16.3. The van der Waals surface area contributed by atoms with Crippen molar-refractivity contribution in [1.29, 1.82) is 0 Å². The van der Waals surface area contributed by atoms with Crippen LogP contribution in [0, 0.1) is 56.2 Å². The van der Waals surface area contributed by atoms with Gasteiger partial charge >= 0.3 is 11.9 Å². The average Bonchev–Trinajstić information content (AvgIpc) is 3.37. The Labute approximate surface area is 338 Å². The number of ketones is 1. The second kappa shape index (κ2) is 14.6. The van der Waals surface area contributed by atoms with E-state index in [-0.39, 0.29) is 57.5 Å². The standard InChI is InChI=1S/C48H72ClNO5/c1-30(2)39-34(51)27-48(25-26-50-29-31-13-15-32(49)16-14-31)24-23-46(11)33(40(39)48)17-18-36-45(10)21-20-37(44(8,9)35(45)19-22-47(36,46)12)54-38(52)28-43(6,7)41(53)55-42(3,4)5/h13-16,30,33,35-37,50H,17-29H2,1-12H3/t33?,35?,36?,37?,45?,46-,47?,48?/m1/s1. The molecule has 0 radical (unpaired) electrons. The van der Waals surface area contributed by atoms with Gasteiger partial charge in [-0.25, -0.2) is 0 Å². The van der Waals surface area contributed by atoms with Crippen molar-refractivity contribution in [1.82, 2.24) is 5.32 Å². The Morgan fingerprint density at radius 2 is 1.55 bits per heavy atom. The van der Waals surface area contributed by atoms with E-state index in [9.17, 15) is 14.4 Å². The third-order valence-corrected chi connectivity index (χ3v) is 16.6. The van der Waals surface area contributed by atoms with Crippen LogP contribution in [0.25, 0.3) is 0 Å². The molecule has 0 spiro atoms. The molecule has 55 heavy (non-hydrogen) atoms. The topological polar surface area (TPSA) is 81.7 Å². The second-order valence-electron chi connectivity index (χ2n) is 21.9. The van der Waals surface area contributed by atoms with E-state index in [2.05, 4.69) is 65.9 Å². The van der Waals surface area contributed by atoms with Gasteiger partial charge in [-0.05, 0) is 162 Å². The zero-order chi connectivity index (χ0) is 40.6. The molecular formula is C48H72ClNO5. The fourth-order valence-electron chi connectivity index (χ4n) is 13.4. The van der Waals surface area contributed by atoms with Crippen molar-refractivity contribution in [2.45, 2.75) is 172 Å². The largest absolute Gasteiger partial charge is 0.462 e. The van der Waals surface area contributed by atoms with Crippen molar-refractivity contribution in [3.05, 3.63) is 46.0 Å². The molecule has 6 rings (SSSR count). The number of benzene rings is 1. The highest BCUT2D eigenvalue weighted by Gasteiger charge is 2.70. The van der Waals surface area contributed by atoms with Gasteiger partial charge in [-0.1, -0.05) is 77.8 Å². The maximum Gasteiger partial charge on any atom is 0.312 e. The van der Waals surface area contributed by atoms with Crippen LogP contribution in [0.15, 0.2) is 35.4 Å². The maximum atomic E-state index is 14.0. The number of carbonyl (C=O) groups excluding carboxylic acids is 3. The number of esters is 2. The molecular weight excluding hydrogens is 706 g/mol. The maximum absolute atomic E-state index is 14.0. The summed E-state index contributed by atoms with van der Waals surface area (Å²) in [7, 11) is 0. The van der Waals surface area contributed by atoms with Crippen molar-refractivity contribution in [3.63, 3.8) is 0 Å². The SMILES string of the molecule is CC(C)C1=C2C3CCC4C5(C)CCC(OC(=O)CC(C)(C)C(=O)OC(C)(C)C)C(C)(C)C5CCC4(C)[C@]3(C)CCC2(CCNCc2ccc(Cl)cc2)CC1=O. The van der Waals surface area contributed by atoms with Crippen LogP contribution in [-0.4, -0.2) is 36.0 Å². The van der Waals surface area contributed by atoms with Gasteiger partial charge < -0.3 is 14.8 Å². The van der Waals surface area contributed by atoms with Crippen LogP contribution < -0.4 is 5.32 Å². The number of allylic oxidation sites excluding steroid dienone is 2. The highest BCUT2D eigenvalue weighted by molar-refractivity contribution is 6.30. The number of hydrogen-bond acceptors (Lipinski definition) is 6. The number of nitrogens with one attached hydrogen (secondary N) is 1. The predicted octanol–water partition coefficient (Wildman–Crippen LogP) is 11.5. The van der Waals surface area contributed by atoms with Crippen LogP contribution >= 0.6 is 11.6 Å². The summed E-state index contributed by atoms with van der Waals surface area (Å²) in [5, 5.41) is 4.48. The summed E-state index contributed by atoms with van der Waals surface area (Å²) >= 11 is 6.14. The van der Waals surface area contributed by atoms with Crippen LogP contribution in [0.2, 0.25) is 5.02 Å². The molecule has 4 saturated carbocycles. The highest BCUT2D eigenvalue weighted by Crippen LogP contribution is 2.77. The van der Waals surface area contributed by atoms with Gasteiger partial charge in [-0.3, -0.25) is 14.4 Å². The first kappa shape index (κ1) is 42.4. The first-order valence-electron chi connectivity index (χ1n) is 21.6. The zero-order valence-corrected chi connectivity index (χ0v) is 37.1. The molecule has 1 aromatic carbocycles. The Morgan fingerprint density at radius 1 is 0.873 bits per heavy atom. The Bertz CT molecular complexity index is 1690. The van der Waals surface area contributed by atoms with Crippen LogP contribution in [0.5, 0.6) is 0 Å². The summed E-state index contributed by atoms with van der Waals surface area (Å²) in [4.78, 5) is 40.5. The molecule has 0 heterocycles. The van der Waals surface area contributed by atoms with Crippen LogP contribution in [0.1, 0.15) is 159 Å². The molecule has 1 aromatic rings. The smallest absolute Gasteiger partial charge is 0.312 e. The van der Waals surface area contributed by atoms with Crippen LogP contribution in [0.4, 0.5) is 0 Å². The van der Waals surface area contributed by atoms with E-state index < -0.39 is 11.0 Å². The molecule has 6 nitrogen and oxygen atoms in total. The predicted molar refractivity (Wildman–Crippen MR) is 221 cm³/mol. The van der Waals surface area contributed by atoms with Gasteiger partial charge in [-0.2, -0.15) is 0 Å². The van der Waals surface area contributed by atoms with Crippen molar-refractivity contribution < 1.29 is 23.9 Å². The number of Topliss-reactive ketones (excluding diaryl/α,β-unsaturated/α-hetero) is 1. The Kier molecular flexibility index (Phi) is 11.2. The van der Waals surface area contributed by atoms with E-state index in [4.69, 9.17) is 21.1 Å². The number of carbonyl (C=O) groups is 3. The number of halogens is 1. The molecule has 0 amide bonds. The van der Waals surface area contributed by atoms with Crippen molar-refractivity contribution >= 4 is 29.3 Å². The molecule has 0 aromatic heterocycles. The normalized spacial score (nSPS) is 35.8. The summed E-state index contributed by atoms with van der Waals surface area (Å²) in [6, 6.07) is 8.08. The summed E-state index contributed by atoms with van der Waals surface area (Å²) in [6.45, 7) is 27.8. The van der Waals surface area contributed by atoms with Crippen molar-refractivity contribution in [3.8, 4) is 0 Å². The van der Waals surface area contributed by atoms with Gasteiger partial charge in [0.1, 0.15) is 11.7 Å². The van der Waals surface area contributed by atoms with Gasteiger partial charge in [0, 0.05) is 28.8 Å². The molecule has 306 valence electrons. The lowest BCUT2D eigenvalue weighted by molar-refractivity contribution is -0.233. The van der Waals surface area contributed by atoms with E-state index >= 15 is 0 Å². The van der Waals surface area contributed by atoms with E-state index in [1.54, 1.807) is 19.4 Å². The Hall–Kier alpha value is -2.18. The van der Waals surface area contributed by atoms with E-state index in [1.807, 2.05) is 32.9 Å². The number of hydrogen-bond donors (Lipinski definition) is 1. The van der Waals surface area contributed by atoms with Crippen LogP contribution in [0.3, 0.4) is 0 Å². The van der Waals surface area contributed by atoms with Gasteiger partial charge in [0.25, 0.3) is 0 Å². The minimum atomic E-state index is -0.960. The molecule has 0 aliphatic heterocycles. The van der Waals surface area contributed by atoms with Gasteiger partial charge in [-0.15, -0.1) is 0 Å². The molecule has 7 unspecified atom stereocenters. The summed E-state index contributed by atoms with van der Waals surface area (Å²) in [6.07, 6.45) is 10.3. The van der Waals surface area contributed by atoms with Gasteiger partial charge in [0.15, 0.2) is 5.78 Å². The second-order valence-corrected chi connectivity index (χ2v) is 22.4. The van der Waals surface area contributed by atoms with Crippen molar-refractivity contribution in [2.75, 3.05) is 6.54 Å². The average molecular weight is 779 g/mol. The number of rotatable bonds is 10. The first-order valence-corrected chi connectivity index (χ1v) is 21.9. The fraction of sp³-hybridized carbons (Fsp3) is 0.771. The highest BCUT2D eigenvalue weighted by atomic mass is 35.5. The Morgan fingerprint density at radius 3 is 2.18 bits per heavy atom. The minimum Gasteiger partial charge on any atom is -0.462 e. The summed E-state index contributed by atoms with van der Waals surface area (Å²) < 4.78 is 12.0. The van der Waals surface area contributed by atoms with E-state index in [0.717, 1.165) is 68.6 Å². The molecule has 5 aliphatic carbocycles. The lowest BCUT2D eigenvalue weighted by atomic mass is 9.33. The fourth-order valence-corrected chi connectivity index (χ4v) is 13.6. The lowest BCUT2D eigenvalue weighted by Gasteiger charge is -2.72. The third kappa shape index (κ3) is 7.40. The first-order chi connectivity index (χ1) is 25.4. The van der Waals surface area contributed by atoms with Crippen LogP contribution in [-0.2, 0) is 30.4 Å². The van der Waals surface area contributed by atoms with E-state index in [0.29, 0.717) is 30.0 Å². The molecule has 4 fully saturated rings. The van der Waals surface area contributed by atoms with Crippen molar-refractivity contribution in [2.24, 2.45) is 56.2 Å². The monoisotopic (exact) mass is 778 g/mol. The summed E-state index contributed by atoms with van der Waals surface area (Å²) in [5.74, 6) is 1.39. The summed E-state index contributed by atoms with van der Waals surface area (Å²) in [5.41, 5.74) is 2.53. The molecule has 0 bridgehead atoms.